The number of esters is 1. The Balaban J connectivity index is 1.74. The van der Waals surface area contributed by atoms with E-state index in [0.29, 0.717) is 29.1 Å². The first-order valence-electron chi connectivity index (χ1n) is 9.94. The van der Waals surface area contributed by atoms with E-state index in [0.717, 1.165) is 24.3 Å². The Hall–Kier alpha value is -2.80. The highest BCUT2D eigenvalue weighted by atomic mass is 16.6. The molecule has 0 atom stereocenters. The topological polar surface area (TPSA) is 83.7 Å². The number of anilines is 2. The smallest absolute Gasteiger partial charge is 0.340 e. The molecule has 1 aromatic heterocycles. The maximum atomic E-state index is 12.9. The molecule has 29 heavy (non-hydrogen) atoms. The molecular weight excluding hydrogens is 370 g/mol. The third-order valence-corrected chi connectivity index (χ3v) is 5.32. The van der Waals surface area contributed by atoms with Gasteiger partial charge in [-0.3, -0.25) is 4.79 Å². The van der Waals surface area contributed by atoms with Gasteiger partial charge in [0, 0.05) is 37.3 Å². The molecule has 1 fully saturated rings. The molecule has 0 spiro atoms. The number of carbonyl (C=O) groups is 2. The molecule has 2 aromatic rings. The minimum Gasteiger partial charge on any atom is -0.460 e. The Morgan fingerprint density at radius 3 is 2.52 bits per heavy atom. The van der Waals surface area contributed by atoms with Crippen molar-refractivity contribution in [1.82, 2.24) is 4.98 Å². The van der Waals surface area contributed by atoms with Gasteiger partial charge in [0.1, 0.15) is 12.3 Å². The molecule has 1 saturated heterocycles. The van der Waals surface area contributed by atoms with E-state index in [-0.39, 0.29) is 12.5 Å². The van der Waals surface area contributed by atoms with E-state index in [4.69, 9.17) is 9.47 Å². The number of aromatic nitrogens is 1. The number of ether oxygens (including phenoxy) is 2. The van der Waals surface area contributed by atoms with Gasteiger partial charge in [0.05, 0.1) is 12.2 Å². The number of H-pyrrole nitrogens is 1. The monoisotopic (exact) mass is 399 g/mol. The molecule has 1 aliphatic heterocycles. The first-order valence-corrected chi connectivity index (χ1v) is 9.94. The van der Waals surface area contributed by atoms with E-state index >= 15 is 0 Å². The van der Waals surface area contributed by atoms with Gasteiger partial charge in [-0.1, -0.05) is 0 Å². The molecule has 1 aromatic carbocycles. The second kappa shape index (κ2) is 9.13. The molecule has 0 radical (unpaired) electrons. The van der Waals surface area contributed by atoms with E-state index in [1.807, 2.05) is 19.1 Å². The van der Waals surface area contributed by atoms with Crippen molar-refractivity contribution >= 4 is 23.3 Å². The maximum Gasteiger partial charge on any atom is 0.340 e. The molecule has 0 aliphatic carbocycles. The molecule has 2 heterocycles. The Kier molecular flexibility index (Phi) is 6.59. The predicted molar refractivity (Wildman–Crippen MR) is 113 cm³/mol. The van der Waals surface area contributed by atoms with Gasteiger partial charge in [-0.05, 0) is 62.9 Å². The molecule has 156 valence electrons. The largest absolute Gasteiger partial charge is 0.460 e. The van der Waals surface area contributed by atoms with Gasteiger partial charge in [0.25, 0.3) is 5.91 Å². The zero-order chi connectivity index (χ0) is 21.0. The summed E-state index contributed by atoms with van der Waals surface area (Å²) in [4.78, 5) is 30.6. The number of nitrogens with one attached hydrogen (secondary N) is 2. The number of rotatable bonds is 7. The van der Waals surface area contributed by atoms with Gasteiger partial charge in [-0.15, -0.1) is 0 Å². The Labute approximate surface area is 171 Å². The lowest BCUT2D eigenvalue weighted by Gasteiger charge is -2.19. The fourth-order valence-electron chi connectivity index (χ4n) is 3.72. The Morgan fingerprint density at radius 2 is 1.86 bits per heavy atom. The summed E-state index contributed by atoms with van der Waals surface area (Å²) in [5, 5.41) is 2.96. The van der Waals surface area contributed by atoms with Crippen LogP contribution in [-0.4, -0.2) is 50.3 Å². The van der Waals surface area contributed by atoms with Crippen molar-refractivity contribution in [3.63, 3.8) is 0 Å². The van der Waals surface area contributed by atoms with Gasteiger partial charge < -0.3 is 24.7 Å². The van der Waals surface area contributed by atoms with Crippen molar-refractivity contribution in [1.29, 1.82) is 0 Å². The van der Waals surface area contributed by atoms with Gasteiger partial charge >= 0.3 is 5.97 Å². The van der Waals surface area contributed by atoms with Crippen LogP contribution in [0.25, 0.3) is 0 Å². The minimum atomic E-state index is -0.460. The van der Waals surface area contributed by atoms with Crippen molar-refractivity contribution in [2.24, 2.45) is 0 Å². The van der Waals surface area contributed by atoms with Crippen molar-refractivity contribution < 1.29 is 19.1 Å². The van der Waals surface area contributed by atoms with E-state index in [9.17, 15) is 9.59 Å². The summed E-state index contributed by atoms with van der Waals surface area (Å²) < 4.78 is 10.1. The summed E-state index contributed by atoms with van der Waals surface area (Å²) in [6.07, 6.45) is 2.44. The second-order valence-corrected chi connectivity index (χ2v) is 7.40. The van der Waals surface area contributed by atoms with Crippen LogP contribution in [0.5, 0.6) is 0 Å². The quantitative estimate of drug-likeness (QED) is 0.549. The summed E-state index contributed by atoms with van der Waals surface area (Å²) in [5.41, 5.74) is 4.89. The summed E-state index contributed by atoms with van der Waals surface area (Å²) in [5.74, 6) is -0.739. The van der Waals surface area contributed by atoms with Crippen LogP contribution >= 0.6 is 0 Å². The molecular formula is C22H29N3O4. The zero-order valence-electron chi connectivity index (χ0n) is 17.6. The maximum absolute atomic E-state index is 12.9. The van der Waals surface area contributed by atoms with Crippen LogP contribution in [0.3, 0.4) is 0 Å². The number of nitrogens with zero attached hydrogens (tertiary/aromatic N) is 1. The highest BCUT2D eigenvalue weighted by Crippen LogP contribution is 2.26. The summed E-state index contributed by atoms with van der Waals surface area (Å²) >= 11 is 0. The van der Waals surface area contributed by atoms with E-state index in [1.54, 1.807) is 21.0 Å². The number of carbonyl (C=O) groups excluding carboxylic acids is 2. The molecule has 7 heteroatoms. The number of hydrogen-bond acceptors (Lipinski definition) is 5. The highest BCUT2D eigenvalue weighted by molar-refractivity contribution is 6.07. The van der Waals surface area contributed by atoms with Gasteiger partial charge in [-0.2, -0.15) is 0 Å². The standard InChI is InChI=1S/C22H29N3O4/c1-14-13-17(25-9-5-6-10-25)7-8-18(14)24-21(26)20-15(2)19(16(3)23-20)22(27)29-12-11-28-4/h7-8,13,23H,5-6,9-12H2,1-4H3,(H,24,26). The van der Waals surface area contributed by atoms with Crippen LogP contribution in [0, 0.1) is 20.8 Å². The molecule has 0 saturated carbocycles. The van der Waals surface area contributed by atoms with E-state index < -0.39 is 5.97 Å². The molecule has 2 N–H and O–H groups in total. The minimum absolute atomic E-state index is 0.170. The predicted octanol–water partition coefficient (Wildman–Crippen LogP) is 3.60. The number of amides is 1. The van der Waals surface area contributed by atoms with Crippen LogP contribution in [0.2, 0.25) is 0 Å². The summed E-state index contributed by atoms with van der Waals surface area (Å²) in [6.45, 7) is 8.14. The number of methoxy groups -OCH3 is 1. The fraction of sp³-hybridized carbons (Fsp3) is 0.455. The molecule has 0 unspecified atom stereocenters. The average Bonchev–Trinajstić information content (AvgIpc) is 3.31. The number of hydrogen-bond donors (Lipinski definition) is 2. The van der Waals surface area contributed by atoms with Gasteiger partial charge in [-0.25, -0.2) is 4.79 Å². The molecule has 1 aliphatic rings. The number of aryl methyl sites for hydroxylation is 2. The zero-order valence-corrected chi connectivity index (χ0v) is 17.6. The number of benzene rings is 1. The summed E-state index contributed by atoms with van der Waals surface area (Å²) in [7, 11) is 1.54. The fourth-order valence-corrected chi connectivity index (χ4v) is 3.72. The lowest BCUT2D eigenvalue weighted by atomic mass is 10.1. The van der Waals surface area contributed by atoms with Crippen molar-refractivity contribution in [2.75, 3.05) is 43.6 Å². The molecule has 7 nitrogen and oxygen atoms in total. The SMILES string of the molecule is COCCOC(=O)c1c(C)[nH]c(C(=O)Nc2ccc(N3CCCC3)cc2C)c1C. The van der Waals surface area contributed by atoms with Gasteiger partial charge in [0.2, 0.25) is 0 Å². The van der Waals surface area contributed by atoms with E-state index in [2.05, 4.69) is 21.3 Å². The molecule has 0 bridgehead atoms. The Morgan fingerprint density at radius 1 is 1.14 bits per heavy atom. The average molecular weight is 399 g/mol. The van der Waals surface area contributed by atoms with Crippen molar-refractivity contribution in [3.8, 4) is 0 Å². The third kappa shape index (κ3) is 4.62. The summed E-state index contributed by atoms with van der Waals surface area (Å²) in [6, 6.07) is 6.08. The van der Waals surface area contributed by atoms with Crippen LogP contribution in [0.15, 0.2) is 18.2 Å². The number of aromatic amines is 1. The van der Waals surface area contributed by atoms with Crippen molar-refractivity contribution in [2.45, 2.75) is 33.6 Å². The third-order valence-electron chi connectivity index (χ3n) is 5.32. The Bertz CT molecular complexity index is 898. The first-order chi connectivity index (χ1) is 13.9. The van der Waals surface area contributed by atoms with Crippen LogP contribution in [0.1, 0.15) is 50.5 Å². The van der Waals surface area contributed by atoms with Gasteiger partial charge in [0.15, 0.2) is 0 Å². The highest BCUT2D eigenvalue weighted by Gasteiger charge is 2.23. The van der Waals surface area contributed by atoms with Crippen LogP contribution in [-0.2, 0) is 9.47 Å². The molecule has 1 amide bonds. The second-order valence-electron chi connectivity index (χ2n) is 7.40. The lowest BCUT2D eigenvalue weighted by Crippen LogP contribution is -2.18. The normalized spacial score (nSPS) is 13.6. The van der Waals surface area contributed by atoms with Crippen molar-refractivity contribution in [3.05, 3.63) is 46.3 Å². The van der Waals surface area contributed by atoms with Crippen LogP contribution in [0.4, 0.5) is 11.4 Å². The lowest BCUT2D eigenvalue weighted by molar-refractivity contribution is 0.0387. The van der Waals surface area contributed by atoms with E-state index in [1.165, 1.54) is 18.5 Å². The van der Waals surface area contributed by atoms with Crippen LogP contribution < -0.4 is 10.2 Å². The first kappa shape index (κ1) is 20.9. The molecule has 3 rings (SSSR count).